The Morgan fingerprint density at radius 1 is 1.45 bits per heavy atom. The number of benzene rings is 1. The van der Waals surface area contributed by atoms with Crippen LogP contribution in [-0.2, 0) is 10.0 Å². The van der Waals surface area contributed by atoms with Crippen LogP contribution in [-0.4, -0.2) is 38.3 Å². The molecule has 20 heavy (non-hydrogen) atoms. The molecule has 1 aromatic rings. The summed E-state index contributed by atoms with van der Waals surface area (Å²) in [6.07, 6.45) is 2.11. The van der Waals surface area contributed by atoms with E-state index in [9.17, 15) is 18.5 Å². The van der Waals surface area contributed by atoms with Gasteiger partial charge in [0.1, 0.15) is 4.90 Å². The summed E-state index contributed by atoms with van der Waals surface area (Å²) in [5, 5.41) is 13.4. The van der Waals surface area contributed by atoms with Crippen LogP contribution < -0.4 is 5.32 Å². The number of sulfonamides is 1. The lowest BCUT2D eigenvalue weighted by Gasteiger charge is -2.18. The zero-order chi connectivity index (χ0) is 14.9. The fraction of sp³-hybridized carbons (Fsp3) is 0.500. The maximum atomic E-state index is 12.5. The van der Waals surface area contributed by atoms with Crippen molar-refractivity contribution in [2.24, 2.45) is 5.92 Å². The fourth-order valence-electron chi connectivity index (χ4n) is 1.98. The molecule has 0 atom stereocenters. The summed E-state index contributed by atoms with van der Waals surface area (Å²) in [6, 6.07) is 3.72. The summed E-state index contributed by atoms with van der Waals surface area (Å²) in [4.78, 5) is 10.2. The van der Waals surface area contributed by atoms with Crippen LogP contribution in [0.25, 0.3) is 0 Å². The van der Waals surface area contributed by atoms with E-state index in [0.717, 1.165) is 12.8 Å². The first-order valence-corrected chi connectivity index (χ1v) is 7.73. The molecule has 1 fully saturated rings. The number of nitrogens with zero attached hydrogens (tertiary/aromatic N) is 2. The highest BCUT2D eigenvalue weighted by Crippen LogP contribution is 2.33. The molecular formula is C12H17N3O4S. The lowest BCUT2D eigenvalue weighted by Crippen LogP contribution is -2.29. The van der Waals surface area contributed by atoms with Crippen LogP contribution in [0.4, 0.5) is 11.4 Å². The maximum absolute atomic E-state index is 12.5. The van der Waals surface area contributed by atoms with Crippen molar-refractivity contribution < 1.29 is 13.3 Å². The quantitative estimate of drug-likeness (QED) is 0.637. The number of nitro benzene ring substituents is 1. The lowest BCUT2D eigenvalue weighted by molar-refractivity contribution is -0.384. The van der Waals surface area contributed by atoms with Gasteiger partial charge in [-0.1, -0.05) is 0 Å². The Labute approximate surface area is 117 Å². The minimum absolute atomic E-state index is 0.0637. The van der Waals surface area contributed by atoms with Crippen molar-refractivity contribution in [2.45, 2.75) is 17.7 Å². The number of rotatable bonds is 6. The normalized spacial score (nSPS) is 15.3. The third-order valence-corrected chi connectivity index (χ3v) is 5.23. The van der Waals surface area contributed by atoms with Gasteiger partial charge in [-0.05, 0) is 24.8 Å². The first kappa shape index (κ1) is 14.7. The van der Waals surface area contributed by atoms with Gasteiger partial charge >= 0.3 is 0 Å². The van der Waals surface area contributed by atoms with Gasteiger partial charge in [-0.25, -0.2) is 12.7 Å². The van der Waals surface area contributed by atoms with Gasteiger partial charge in [0, 0.05) is 32.8 Å². The molecule has 0 radical (unpaired) electrons. The highest BCUT2D eigenvalue weighted by atomic mass is 32.2. The Morgan fingerprint density at radius 2 is 2.10 bits per heavy atom. The molecule has 0 heterocycles. The second-order valence-electron chi connectivity index (χ2n) is 4.92. The van der Waals surface area contributed by atoms with Crippen LogP contribution >= 0.6 is 0 Å². The average molecular weight is 299 g/mol. The molecule has 1 aliphatic carbocycles. The predicted octanol–water partition coefficient (Wildman–Crippen LogP) is 1.67. The van der Waals surface area contributed by atoms with E-state index in [-0.39, 0.29) is 16.3 Å². The Morgan fingerprint density at radius 3 is 2.60 bits per heavy atom. The van der Waals surface area contributed by atoms with E-state index in [0.29, 0.717) is 12.5 Å². The minimum atomic E-state index is -3.63. The third-order valence-electron chi connectivity index (χ3n) is 3.34. The summed E-state index contributed by atoms with van der Waals surface area (Å²) in [5.74, 6) is 0.436. The average Bonchev–Trinajstić information content (AvgIpc) is 3.21. The number of nitrogens with one attached hydrogen (secondary N) is 1. The van der Waals surface area contributed by atoms with Crippen LogP contribution in [0.2, 0.25) is 0 Å². The molecule has 1 aromatic carbocycles. The fourth-order valence-corrected chi connectivity index (χ4v) is 3.40. The van der Waals surface area contributed by atoms with Crippen molar-refractivity contribution in [1.29, 1.82) is 0 Å². The molecule has 0 bridgehead atoms. The molecule has 110 valence electrons. The van der Waals surface area contributed by atoms with Crippen LogP contribution in [0.15, 0.2) is 23.1 Å². The molecule has 0 spiro atoms. The molecule has 0 aromatic heterocycles. The predicted molar refractivity (Wildman–Crippen MR) is 75.2 cm³/mol. The van der Waals surface area contributed by atoms with Crippen molar-refractivity contribution in [2.75, 3.05) is 26.0 Å². The van der Waals surface area contributed by atoms with Crippen molar-refractivity contribution in [1.82, 2.24) is 4.31 Å². The van der Waals surface area contributed by atoms with E-state index in [1.165, 1.54) is 29.6 Å². The standard InChI is InChI=1S/C12H17N3O4S/c1-13-11-7-10(15(16)17)5-6-12(11)20(18,19)14(2)8-9-3-4-9/h5-7,9,13H,3-4,8H2,1-2H3. The van der Waals surface area contributed by atoms with Gasteiger partial charge in [-0.15, -0.1) is 0 Å². The van der Waals surface area contributed by atoms with E-state index in [1.54, 1.807) is 7.05 Å². The molecule has 1 saturated carbocycles. The molecular weight excluding hydrogens is 282 g/mol. The van der Waals surface area contributed by atoms with Crippen LogP contribution in [0, 0.1) is 16.0 Å². The first-order chi connectivity index (χ1) is 9.36. The number of non-ortho nitro benzene ring substituents is 1. The van der Waals surface area contributed by atoms with Gasteiger partial charge in [0.25, 0.3) is 5.69 Å². The molecule has 0 saturated heterocycles. The van der Waals surface area contributed by atoms with Gasteiger partial charge in [0.2, 0.25) is 10.0 Å². The molecule has 0 aliphatic heterocycles. The van der Waals surface area contributed by atoms with Crippen molar-refractivity contribution in [3.05, 3.63) is 28.3 Å². The topological polar surface area (TPSA) is 92.5 Å². The Hall–Kier alpha value is -1.67. The molecule has 0 unspecified atom stereocenters. The smallest absolute Gasteiger partial charge is 0.271 e. The second-order valence-corrected chi connectivity index (χ2v) is 6.93. The monoisotopic (exact) mass is 299 g/mol. The minimum Gasteiger partial charge on any atom is -0.387 e. The maximum Gasteiger partial charge on any atom is 0.271 e. The summed E-state index contributed by atoms with van der Waals surface area (Å²) >= 11 is 0. The van der Waals surface area contributed by atoms with Gasteiger partial charge < -0.3 is 5.32 Å². The Bertz CT molecular complexity index is 626. The Balaban J connectivity index is 2.36. The van der Waals surface area contributed by atoms with Crippen molar-refractivity contribution in [3.8, 4) is 0 Å². The number of hydrogen-bond donors (Lipinski definition) is 1. The molecule has 2 rings (SSSR count). The molecule has 0 amide bonds. The number of hydrogen-bond acceptors (Lipinski definition) is 5. The largest absolute Gasteiger partial charge is 0.387 e. The van der Waals surface area contributed by atoms with E-state index in [1.807, 2.05) is 0 Å². The van der Waals surface area contributed by atoms with Crippen molar-refractivity contribution in [3.63, 3.8) is 0 Å². The molecule has 1 aliphatic rings. The van der Waals surface area contributed by atoms with Gasteiger partial charge in [0.15, 0.2) is 0 Å². The zero-order valence-electron chi connectivity index (χ0n) is 11.4. The highest BCUT2D eigenvalue weighted by Gasteiger charge is 2.30. The number of anilines is 1. The zero-order valence-corrected chi connectivity index (χ0v) is 12.2. The molecule has 1 N–H and O–H groups in total. The first-order valence-electron chi connectivity index (χ1n) is 6.29. The van der Waals surface area contributed by atoms with Crippen molar-refractivity contribution >= 4 is 21.4 Å². The summed E-state index contributed by atoms with van der Waals surface area (Å²) in [7, 11) is -0.554. The van der Waals surface area contributed by atoms with Crippen LogP contribution in [0.3, 0.4) is 0 Å². The van der Waals surface area contributed by atoms with Crippen LogP contribution in [0.1, 0.15) is 12.8 Å². The summed E-state index contributed by atoms with van der Waals surface area (Å²) < 4.78 is 26.3. The number of nitro groups is 1. The van der Waals surface area contributed by atoms with E-state index in [4.69, 9.17) is 0 Å². The summed E-state index contributed by atoms with van der Waals surface area (Å²) in [5.41, 5.74) is 0.0972. The highest BCUT2D eigenvalue weighted by molar-refractivity contribution is 7.89. The lowest BCUT2D eigenvalue weighted by atomic mass is 10.3. The van der Waals surface area contributed by atoms with Gasteiger partial charge in [-0.2, -0.15) is 0 Å². The summed E-state index contributed by atoms with van der Waals surface area (Å²) in [6.45, 7) is 0.489. The molecule has 7 nitrogen and oxygen atoms in total. The van der Waals surface area contributed by atoms with E-state index >= 15 is 0 Å². The van der Waals surface area contributed by atoms with E-state index < -0.39 is 14.9 Å². The van der Waals surface area contributed by atoms with Crippen LogP contribution in [0.5, 0.6) is 0 Å². The second kappa shape index (κ2) is 5.37. The third kappa shape index (κ3) is 2.91. The van der Waals surface area contributed by atoms with Gasteiger partial charge in [0.05, 0.1) is 10.6 Å². The van der Waals surface area contributed by atoms with E-state index in [2.05, 4.69) is 5.32 Å². The Kier molecular flexibility index (Phi) is 3.96. The molecule has 8 heteroatoms. The SMILES string of the molecule is CNc1cc([N+](=O)[O-])ccc1S(=O)(=O)N(C)CC1CC1. The van der Waals surface area contributed by atoms with Gasteiger partial charge in [-0.3, -0.25) is 10.1 Å².